The van der Waals surface area contributed by atoms with Crippen LogP contribution < -0.4 is 0 Å². The van der Waals surface area contributed by atoms with Crippen LogP contribution in [-0.2, 0) is 4.74 Å². The van der Waals surface area contributed by atoms with E-state index in [9.17, 15) is 5.11 Å². The molecule has 0 radical (unpaired) electrons. The molecule has 1 rings (SSSR count). The standard InChI is InChI=1S/C11H21ClO2/c1-2-9-5-3-4-6-11(9)14-8-10(13)7-12/h9-11,13H,2-8H2,1H3. The molecular weight excluding hydrogens is 200 g/mol. The Morgan fingerprint density at radius 1 is 1.43 bits per heavy atom. The Morgan fingerprint density at radius 2 is 2.14 bits per heavy atom. The van der Waals surface area contributed by atoms with E-state index in [-0.39, 0.29) is 5.88 Å². The van der Waals surface area contributed by atoms with Crippen molar-refractivity contribution in [1.82, 2.24) is 0 Å². The lowest BCUT2D eigenvalue weighted by molar-refractivity contribution is -0.0454. The summed E-state index contributed by atoms with van der Waals surface area (Å²) in [5, 5.41) is 9.29. The highest BCUT2D eigenvalue weighted by Gasteiger charge is 2.24. The largest absolute Gasteiger partial charge is 0.389 e. The molecule has 0 aliphatic heterocycles. The van der Waals surface area contributed by atoms with Crippen LogP contribution in [0.25, 0.3) is 0 Å². The van der Waals surface area contributed by atoms with E-state index in [4.69, 9.17) is 16.3 Å². The Bertz CT molecular complexity index is 152. The second-order valence-electron chi connectivity index (χ2n) is 4.13. The average molecular weight is 221 g/mol. The molecule has 3 atom stereocenters. The highest BCUT2D eigenvalue weighted by atomic mass is 35.5. The van der Waals surface area contributed by atoms with E-state index in [1.807, 2.05) is 0 Å². The summed E-state index contributed by atoms with van der Waals surface area (Å²) >= 11 is 5.51. The van der Waals surface area contributed by atoms with Gasteiger partial charge in [0.25, 0.3) is 0 Å². The number of rotatable bonds is 5. The lowest BCUT2D eigenvalue weighted by Crippen LogP contribution is -2.31. The zero-order valence-electron chi connectivity index (χ0n) is 8.92. The molecule has 1 aliphatic carbocycles. The van der Waals surface area contributed by atoms with Crippen molar-refractivity contribution in [3.8, 4) is 0 Å². The van der Waals surface area contributed by atoms with Crippen molar-refractivity contribution in [1.29, 1.82) is 0 Å². The molecule has 1 saturated carbocycles. The van der Waals surface area contributed by atoms with Crippen LogP contribution in [0.5, 0.6) is 0 Å². The molecule has 0 aromatic heterocycles. The Kier molecular flexibility index (Phi) is 5.83. The van der Waals surface area contributed by atoms with Gasteiger partial charge in [0, 0.05) is 0 Å². The molecule has 0 aromatic carbocycles. The van der Waals surface area contributed by atoms with Gasteiger partial charge in [0.15, 0.2) is 0 Å². The van der Waals surface area contributed by atoms with E-state index in [2.05, 4.69) is 6.92 Å². The Hall–Kier alpha value is 0.210. The number of hydrogen-bond donors (Lipinski definition) is 1. The molecule has 3 heteroatoms. The van der Waals surface area contributed by atoms with Gasteiger partial charge in [0.1, 0.15) is 0 Å². The highest BCUT2D eigenvalue weighted by molar-refractivity contribution is 6.18. The maximum absolute atomic E-state index is 9.29. The molecule has 3 unspecified atom stereocenters. The lowest BCUT2D eigenvalue weighted by Gasteiger charge is -2.31. The average Bonchev–Trinajstić information content (AvgIpc) is 2.26. The molecule has 0 bridgehead atoms. The molecule has 0 heterocycles. The summed E-state index contributed by atoms with van der Waals surface area (Å²) in [6, 6.07) is 0. The van der Waals surface area contributed by atoms with Gasteiger partial charge < -0.3 is 9.84 Å². The molecule has 0 amide bonds. The van der Waals surface area contributed by atoms with E-state index in [0.717, 1.165) is 6.42 Å². The summed E-state index contributed by atoms with van der Waals surface area (Å²) in [6.45, 7) is 2.61. The fourth-order valence-electron chi connectivity index (χ4n) is 2.14. The fraction of sp³-hybridized carbons (Fsp3) is 1.00. The minimum Gasteiger partial charge on any atom is -0.389 e. The van der Waals surface area contributed by atoms with Crippen LogP contribution in [-0.4, -0.2) is 29.8 Å². The number of aliphatic hydroxyl groups excluding tert-OH is 1. The maximum atomic E-state index is 9.29. The second kappa shape index (κ2) is 6.65. The van der Waals surface area contributed by atoms with Crippen LogP contribution in [0.15, 0.2) is 0 Å². The first kappa shape index (κ1) is 12.3. The molecule has 0 aromatic rings. The van der Waals surface area contributed by atoms with Gasteiger partial charge in [-0.3, -0.25) is 0 Å². The molecule has 84 valence electrons. The van der Waals surface area contributed by atoms with E-state index in [1.165, 1.54) is 25.7 Å². The van der Waals surface area contributed by atoms with Gasteiger partial charge in [0.05, 0.1) is 24.7 Å². The van der Waals surface area contributed by atoms with Gasteiger partial charge in [-0.2, -0.15) is 0 Å². The molecular formula is C11H21ClO2. The third-order valence-corrected chi connectivity index (χ3v) is 3.40. The van der Waals surface area contributed by atoms with Crippen molar-refractivity contribution in [2.45, 2.75) is 51.2 Å². The number of aliphatic hydroxyl groups is 1. The first-order valence-corrected chi connectivity index (χ1v) is 6.17. The monoisotopic (exact) mass is 220 g/mol. The van der Waals surface area contributed by atoms with Gasteiger partial charge in [0.2, 0.25) is 0 Å². The third kappa shape index (κ3) is 3.76. The van der Waals surface area contributed by atoms with Crippen molar-refractivity contribution in [3.63, 3.8) is 0 Å². The minimum atomic E-state index is -0.504. The Labute approximate surface area is 91.6 Å². The first-order valence-electron chi connectivity index (χ1n) is 5.63. The third-order valence-electron chi connectivity index (χ3n) is 3.04. The quantitative estimate of drug-likeness (QED) is 0.722. The molecule has 0 spiro atoms. The van der Waals surface area contributed by atoms with Gasteiger partial charge in [-0.1, -0.05) is 26.2 Å². The highest BCUT2D eigenvalue weighted by Crippen LogP contribution is 2.29. The first-order chi connectivity index (χ1) is 6.77. The molecule has 1 N–H and O–H groups in total. The molecule has 1 aliphatic rings. The molecule has 1 fully saturated rings. The van der Waals surface area contributed by atoms with Gasteiger partial charge in [-0.25, -0.2) is 0 Å². The summed E-state index contributed by atoms with van der Waals surface area (Å²) in [5.74, 6) is 0.954. The van der Waals surface area contributed by atoms with Crippen LogP contribution >= 0.6 is 11.6 Å². The van der Waals surface area contributed by atoms with Crippen molar-refractivity contribution in [2.75, 3.05) is 12.5 Å². The molecule has 14 heavy (non-hydrogen) atoms. The SMILES string of the molecule is CCC1CCCCC1OCC(O)CCl. The summed E-state index contributed by atoms with van der Waals surface area (Å²) in [7, 11) is 0. The summed E-state index contributed by atoms with van der Waals surface area (Å²) in [6.07, 6.45) is 6.05. The number of halogens is 1. The predicted octanol–water partition coefficient (Wildman–Crippen LogP) is 2.57. The van der Waals surface area contributed by atoms with Gasteiger partial charge in [-0.05, 0) is 18.8 Å². The lowest BCUT2D eigenvalue weighted by atomic mass is 9.85. The smallest absolute Gasteiger partial charge is 0.0908 e. The second-order valence-corrected chi connectivity index (χ2v) is 4.44. The predicted molar refractivity (Wildman–Crippen MR) is 58.7 cm³/mol. The minimum absolute atomic E-state index is 0.267. The van der Waals surface area contributed by atoms with Crippen LogP contribution in [0.1, 0.15) is 39.0 Å². The van der Waals surface area contributed by atoms with Crippen molar-refractivity contribution in [3.05, 3.63) is 0 Å². The summed E-state index contributed by atoms with van der Waals surface area (Å²) < 4.78 is 5.70. The van der Waals surface area contributed by atoms with Crippen LogP contribution in [0.2, 0.25) is 0 Å². The number of alkyl halides is 1. The van der Waals surface area contributed by atoms with Crippen LogP contribution in [0.3, 0.4) is 0 Å². The molecule has 2 nitrogen and oxygen atoms in total. The van der Waals surface area contributed by atoms with Crippen LogP contribution in [0.4, 0.5) is 0 Å². The Balaban J connectivity index is 2.26. The van der Waals surface area contributed by atoms with E-state index >= 15 is 0 Å². The zero-order chi connectivity index (χ0) is 10.4. The maximum Gasteiger partial charge on any atom is 0.0908 e. The van der Waals surface area contributed by atoms with Crippen molar-refractivity contribution < 1.29 is 9.84 Å². The number of hydrogen-bond acceptors (Lipinski definition) is 2. The van der Waals surface area contributed by atoms with E-state index < -0.39 is 6.10 Å². The van der Waals surface area contributed by atoms with Crippen molar-refractivity contribution >= 4 is 11.6 Å². The van der Waals surface area contributed by atoms with Gasteiger partial charge >= 0.3 is 0 Å². The fourth-order valence-corrected chi connectivity index (χ4v) is 2.23. The van der Waals surface area contributed by atoms with E-state index in [1.54, 1.807) is 0 Å². The normalized spacial score (nSPS) is 30.2. The molecule has 0 saturated heterocycles. The topological polar surface area (TPSA) is 29.5 Å². The van der Waals surface area contributed by atoms with E-state index in [0.29, 0.717) is 18.6 Å². The summed E-state index contributed by atoms with van der Waals surface area (Å²) in [5.41, 5.74) is 0. The van der Waals surface area contributed by atoms with Gasteiger partial charge in [-0.15, -0.1) is 11.6 Å². The Morgan fingerprint density at radius 3 is 2.79 bits per heavy atom. The number of ether oxygens (including phenoxy) is 1. The summed E-state index contributed by atoms with van der Waals surface area (Å²) in [4.78, 5) is 0. The van der Waals surface area contributed by atoms with Crippen LogP contribution in [0, 0.1) is 5.92 Å². The zero-order valence-corrected chi connectivity index (χ0v) is 9.67. The van der Waals surface area contributed by atoms with Crippen molar-refractivity contribution in [2.24, 2.45) is 5.92 Å².